The van der Waals surface area contributed by atoms with E-state index in [0.29, 0.717) is 6.42 Å². The van der Waals surface area contributed by atoms with Gasteiger partial charge in [-0.3, -0.25) is 4.79 Å². The number of hydrogen-bond acceptors (Lipinski definition) is 3. The van der Waals surface area contributed by atoms with Crippen LogP contribution in [-0.4, -0.2) is 36.1 Å². The van der Waals surface area contributed by atoms with Crippen LogP contribution >= 0.6 is 0 Å². The number of nitrogens with zero attached hydrogens (tertiary/aromatic N) is 1. The Balaban J connectivity index is 3.74. The Morgan fingerprint density at radius 3 is 2.07 bits per heavy atom. The maximum absolute atomic E-state index is 11.3. The molecular weight excluding hydrogens is 178 g/mol. The molecule has 0 saturated carbocycles. The summed E-state index contributed by atoms with van der Waals surface area (Å²) in [6.45, 7) is 12.6. The normalized spacial score (nSPS) is 11.9. The first-order valence-corrected chi connectivity index (χ1v) is 5.33. The molecule has 0 radical (unpaired) electrons. The minimum atomic E-state index is -0.361. The maximum Gasteiger partial charge on any atom is 0.307 e. The second-order valence-electron chi connectivity index (χ2n) is 4.36. The van der Waals surface area contributed by atoms with Crippen molar-refractivity contribution in [1.29, 1.82) is 0 Å². The Bertz CT molecular complexity index is 169. The highest BCUT2D eigenvalue weighted by Crippen LogP contribution is 2.08. The third kappa shape index (κ3) is 6.89. The van der Waals surface area contributed by atoms with E-state index in [9.17, 15) is 4.79 Å². The van der Waals surface area contributed by atoms with E-state index < -0.39 is 0 Å². The summed E-state index contributed by atoms with van der Waals surface area (Å²) in [5.74, 6) is -0.107. The van der Waals surface area contributed by atoms with Gasteiger partial charge in [-0.15, -0.1) is 0 Å². The number of esters is 1. The van der Waals surface area contributed by atoms with Crippen molar-refractivity contribution in [1.82, 2.24) is 4.90 Å². The van der Waals surface area contributed by atoms with Crippen molar-refractivity contribution in [3.8, 4) is 0 Å². The molecule has 14 heavy (non-hydrogen) atoms. The van der Waals surface area contributed by atoms with Crippen molar-refractivity contribution >= 4 is 5.97 Å². The second-order valence-corrected chi connectivity index (χ2v) is 4.36. The van der Waals surface area contributed by atoms with Crippen molar-refractivity contribution in [2.24, 2.45) is 0 Å². The molecule has 0 aromatic heterocycles. The fourth-order valence-corrected chi connectivity index (χ4v) is 1.18. The van der Waals surface area contributed by atoms with E-state index in [4.69, 9.17) is 4.74 Å². The molecule has 0 atom stereocenters. The molecule has 84 valence electrons. The van der Waals surface area contributed by atoms with Gasteiger partial charge in [-0.25, -0.2) is 0 Å². The summed E-state index contributed by atoms with van der Waals surface area (Å²) in [4.78, 5) is 13.6. The van der Waals surface area contributed by atoms with Gasteiger partial charge in [0.1, 0.15) is 5.60 Å². The molecular formula is C11H23NO2. The zero-order chi connectivity index (χ0) is 11.2. The van der Waals surface area contributed by atoms with Gasteiger partial charge in [0.2, 0.25) is 0 Å². The van der Waals surface area contributed by atoms with E-state index in [0.717, 1.165) is 19.6 Å². The maximum atomic E-state index is 11.3. The van der Waals surface area contributed by atoms with Crippen LogP contribution in [0.4, 0.5) is 0 Å². The number of rotatable bonds is 5. The SMILES string of the molecule is CCN(CC)CCC(=O)OC(C)(C)C. The molecule has 0 N–H and O–H groups in total. The highest BCUT2D eigenvalue weighted by atomic mass is 16.6. The third-order valence-electron chi connectivity index (χ3n) is 1.95. The summed E-state index contributed by atoms with van der Waals surface area (Å²) in [6, 6.07) is 0. The topological polar surface area (TPSA) is 29.5 Å². The molecule has 0 aliphatic heterocycles. The predicted molar refractivity (Wildman–Crippen MR) is 58.3 cm³/mol. The molecule has 0 bridgehead atoms. The third-order valence-corrected chi connectivity index (χ3v) is 1.95. The first-order chi connectivity index (χ1) is 6.39. The molecule has 0 rings (SSSR count). The molecule has 0 spiro atoms. The smallest absolute Gasteiger partial charge is 0.307 e. The Hall–Kier alpha value is -0.570. The number of carbonyl (C=O) groups is 1. The highest BCUT2D eigenvalue weighted by molar-refractivity contribution is 5.70. The van der Waals surface area contributed by atoms with Crippen molar-refractivity contribution in [3.05, 3.63) is 0 Å². The molecule has 0 aliphatic rings. The minimum absolute atomic E-state index is 0.107. The van der Waals surface area contributed by atoms with E-state index >= 15 is 0 Å². The fourth-order valence-electron chi connectivity index (χ4n) is 1.18. The lowest BCUT2D eigenvalue weighted by atomic mass is 10.2. The van der Waals surface area contributed by atoms with Crippen molar-refractivity contribution < 1.29 is 9.53 Å². The van der Waals surface area contributed by atoms with Gasteiger partial charge in [0.05, 0.1) is 6.42 Å². The van der Waals surface area contributed by atoms with E-state index in [-0.39, 0.29) is 11.6 Å². The molecule has 0 aromatic rings. The summed E-state index contributed by atoms with van der Waals surface area (Å²) in [5, 5.41) is 0. The number of hydrogen-bond donors (Lipinski definition) is 0. The largest absolute Gasteiger partial charge is 0.460 e. The van der Waals surface area contributed by atoms with E-state index in [2.05, 4.69) is 18.7 Å². The Kier molecular flexibility index (Phi) is 5.77. The highest BCUT2D eigenvalue weighted by Gasteiger charge is 2.16. The van der Waals surface area contributed by atoms with Gasteiger partial charge in [-0.05, 0) is 33.9 Å². The van der Waals surface area contributed by atoms with Crippen LogP contribution in [0.25, 0.3) is 0 Å². The molecule has 0 aromatic carbocycles. The van der Waals surface area contributed by atoms with Gasteiger partial charge >= 0.3 is 5.97 Å². The first kappa shape index (κ1) is 13.4. The van der Waals surface area contributed by atoms with Gasteiger partial charge in [0, 0.05) is 6.54 Å². The van der Waals surface area contributed by atoms with Crippen LogP contribution in [0.5, 0.6) is 0 Å². The van der Waals surface area contributed by atoms with Gasteiger partial charge < -0.3 is 9.64 Å². The van der Waals surface area contributed by atoms with Crippen LogP contribution in [0.15, 0.2) is 0 Å². The molecule has 0 aliphatic carbocycles. The molecule has 0 unspecified atom stereocenters. The fraction of sp³-hybridized carbons (Fsp3) is 0.909. The predicted octanol–water partition coefficient (Wildman–Crippen LogP) is 2.06. The zero-order valence-corrected chi connectivity index (χ0v) is 10.1. The number of carbonyl (C=O) groups excluding carboxylic acids is 1. The quantitative estimate of drug-likeness (QED) is 0.638. The lowest BCUT2D eigenvalue weighted by Gasteiger charge is -2.21. The summed E-state index contributed by atoms with van der Waals surface area (Å²) < 4.78 is 5.21. The molecule has 0 fully saturated rings. The van der Waals surface area contributed by atoms with Crippen molar-refractivity contribution in [2.75, 3.05) is 19.6 Å². The average molecular weight is 201 g/mol. The zero-order valence-electron chi connectivity index (χ0n) is 10.1. The summed E-state index contributed by atoms with van der Waals surface area (Å²) in [7, 11) is 0. The van der Waals surface area contributed by atoms with Crippen LogP contribution < -0.4 is 0 Å². The Morgan fingerprint density at radius 1 is 1.21 bits per heavy atom. The molecule has 3 nitrogen and oxygen atoms in total. The van der Waals surface area contributed by atoms with Crippen molar-refractivity contribution in [3.63, 3.8) is 0 Å². The first-order valence-electron chi connectivity index (χ1n) is 5.33. The summed E-state index contributed by atoms with van der Waals surface area (Å²) in [5.41, 5.74) is -0.361. The van der Waals surface area contributed by atoms with Gasteiger partial charge in [0.25, 0.3) is 0 Å². The van der Waals surface area contributed by atoms with E-state index in [1.807, 2.05) is 20.8 Å². The molecule has 0 saturated heterocycles. The van der Waals surface area contributed by atoms with Crippen LogP contribution in [0, 0.1) is 0 Å². The average Bonchev–Trinajstić information content (AvgIpc) is 2.03. The van der Waals surface area contributed by atoms with Crippen LogP contribution in [0.3, 0.4) is 0 Å². The van der Waals surface area contributed by atoms with Crippen LogP contribution in [0.2, 0.25) is 0 Å². The van der Waals surface area contributed by atoms with Crippen LogP contribution in [-0.2, 0) is 9.53 Å². The van der Waals surface area contributed by atoms with Gasteiger partial charge in [-0.1, -0.05) is 13.8 Å². The van der Waals surface area contributed by atoms with E-state index in [1.165, 1.54) is 0 Å². The lowest BCUT2D eigenvalue weighted by Crippen LogP contribution is -2.29. The summed E-state index contributed by atoms with van der Waals surface area (Å²) in [6.07, 6.45) is 0.485. The standard InChI is InChI=1S/C11H23NO2/c1-6-12(7-2)9-8-10(13)14-11(3,4)5/h6-9H2,1-5H3. The minimum Gasteiger partial charge on any atom is -0.460 e. The van der Waals surface area contributed by atoms with Crippen LogP contribution in [0.1, 0.15) is 41.0 Å². The van der Waals surface area contributed by atoms with E-state index in [1.54, 1.807) is 0 Å². The van der Waals surface area contributed by atoms with Crippen molar-refractivity contribution in [2.45, 2.75) is 46.6 Å². The summed E-state index contributed by atoms with van der Waals surface area (Å²) >= 11 is 0. The lowest BCUT2D eigenvalue weighted by molar-refractivity contribution is -0.155. The van der Waals surface area contributed by atoms with Gasteiger partial charge in [-0.2, -0.15) is 0 Å². The Morgan fingerprint density at radius 2 is 1.71 bits per heavy atom. The van der Waals surface area contributed by atoms with Gasteiger partial charge in [0.15, 0.2) is 0 Å². The second kappa shape index (κ2) is 6.02. The Labute approximate surface area is 87.4 Å². The number of ether oxygens (including phenoxy) is 1. The molecule has 0 heterocycles. The molecule has 3 heteroatoms. The molecule has 0 amide bonds. The monoisotopic (exact) mass is 201 g/mol.